The minimum absolute atomic E-state index is 0.0471. The van der Waals surface area contributed by atoms with Crippen LogP contribution in [0.15, 0.2) is 0 Å². The van der Waals surface area contributed by atoms with Crippen LogP contribution >= 0.6 is 0 Å². The molecular formula is C16H26O4. The van der Waals surface area contributed by atoms with Crippen LogP contribution in [-0.4, -0.2) is 24.6 Å². The molecule has 1 aliphatic heterocycles. The predicted molar refractivity (Wildman–Crippen MR) is 74.8 cm³/mol. The fourth-order valence-electron chi connectivity index (χ4n) is 3.60. The second kappa shape index (κ2) is 5.74. The Kier molecular flexibility index (Phi) is 4.40. The number of hydrogen-bond acceptors (Lipinski definition) is 4. The first kappa shape index (κ1) is 15.3. The molecule has 1 saturated heterocycles. The van der Waals surface area contributed by atoms with E-state index in [9.17, 15) is 9.59 Å². The highest BCUT2D eigenvalue weighted by molar-refractivity contribution is 5.80. The molecule has 0 aromatic carbocycles. The molecule has 1 saturated carbocycles. The number of esters is 2. The van der Waals surface area contributed by atoms with Gasteiger partial charge in [-0.05, 0) is 24.2 Å². The second-order valence-corrected chi connectivity index (χ2v) is 7.06. The summed E-state index contributed by atoms with van der Waals surface area (Å²) < 4.78 is 10.9. The molecule has 0 radical (unpaired) electrons. The molecule has 5 atom stereocenters. The van der Waals surface area contributed by atoms with Crippen LogP contribution in [-0.2, 0) is 19.1 Å². The largest absolute Gasteiger partial charge is 0.465 e. The van der Waals surface area contributed by atoms with Crippen molar-refractivity contribution in [1.82, 2.24) is 0 Å². The van der Waals surface area contributed by atoms with E-state index in [1.807, 2.05) is 20.8 Å². The molecule has 2 rings (SSSR count). The Balaban J connectivity index is 2.14. The summed E-state index contributed by atoms with van der Waals surface area (Å²) in [5.74, 6) is 0.352. The lowest BCUT2D eigenvalue weighted by molar-refractivity contribution is -0.158. The van der Waals surface area contributed by atoms with Gasteiger partial charge in [0, 0.05) is 5.92 Å². The molecule has 0 aromatic rings. The average molecular weight is 282 g/mol. The third-order valence-corrected chi connectivity index (χ3v) is 4.71. The molecule has 1 aliphatic carbocycles. The molecule has 0 aromatic heterocycles. The summed E-state index contributed by atoms with van der Waals surface area (Å²) in [6, 6.07) is 0. The summed E-state index contributed by atoms with van der Waals surface area (Å²) in [6.45, 7) is 10.7. The second-order valence-electron chi connectivity index (χ2n) is 7.06. The molecule has 114 valence electrons. The number of rotatable bonds is 4. The Bertz CT molecular complexity index is 388. The maximum Gasteiger partial charge on any atom is 0.312 e. The lowest BCUT2D eigenvalue weighted by Crippen LogP contribution is -2.43. The van der Waals surface area contributed by atoms with Crippen LogP contribution in [0.1, 0.15) is 41.0 Å². The summed E-state index contributed by atoms with van der Waals surface area (Å²) >= 11 is 0. The van der Waals surface area contributed by atoms with Crippen LogP contribution in [0.2, 0.25) is 0 Å². The van der Waals surface area contributed by atoms with E-state index >= 15 is 0 Å². The summed E-state index contributed by atoms with van der Waals surface area (Å²) in [5.41, 5.74) is 0. The molecule has 0 spiro atoms. The van der Waals surface area contributed by atoms with E-state index in [1.54, 1.807) is 0 Å². The predicted octanol–water partition coefficient (Wildman–Crippen LogP) is 2.66. The fourth-order valence-corrected chi connectivity index (χ4v) is 3.60. The van der Waals surface area contributed by atoms with Crippen molar-refractivity contribution in [2.24, 2.45) is 35.5 Å². The van der Waals surface area contributed by atoms with E-state index in [0.717, 1.165) is 0 Å². The Labute approximate surface area is 121 Å². The number of carbonyl (C=O) groups excluding carboxylic acids is 2. The lowest BCUT2D eigenvalue weighted by Gasteiger charge is -2.37. The van der Waals surface area contributed by atoms with Crippen molar-refractivity contribution in [3.8, 4) is 0 Å². The number of fused-ring (bicyclic) bond motifs is 2. The zero-order chi connectivity index (χ0) is 15.0. The van der Waals surface area contributed by atoms with Crippen molar-refractivity contribution in [3.63, 3.8) is 0 Å². The first-order chi connectivity index (χ1) is 9.32. The Hall–Kier alpha value is -1.06. The van der Waals surface area contributed by atoms with Gasteiger partial charge in [0.1, 0.15) is 6.10 Å². The van der Waals surface area contributed by atoms with Crippen LogP contribution in [0.5, 0.6) is 0 Å². The Morgan fingerprint density at radius 1 is 1.35 bits per heavy atom. The van der Waals surface area contributed by atoms with Gasteiger partial charge in [-0.3, -0.25) is 9.59 Å². The zero-order valence-electron chi connectivity index (χ0n) is 13.1. The van der Waals surface area contributed by atoms with Crippen LogP contribution < -0.4 is 0 Å². The van der Waals surface area contributed by atoms with Crippen molar-refractivity contribution < 1.29 is 19.1 Å². The summed E-state index contributed by atoms with van der Waals surface area (Å²) in [4.78, 5) is 24.3. The van der Waals surface area contributed by atoms with Crippen molar-refractivity contribution >= 4 is 11.9 Å². The highest BCUT2D eigenvalue weighted by atomic mass is 16.6. The molecule has 2 aliphatic rings. The molecule has 0 N–H and O–H groups in total. The standard InChI is InChI=1S/C16H26O4/c1-8(2)7-19-15(17)12-6-11(9(3)4)13-10(5)14(12)20-16(13)18/h8-14H,6-7H2,1-5H3. The maximum absolute atomic E-state index is 12.3. The molecular weight excluding hydrogens is 256 g/mol. The van der Waals surface area contributed by atoms with E-state index in [2.05, 4.69) is 13.8 Å². The van der Waals surface area contributed by atoms with E-state index in [-0.39, 0.29) is 41.7 Å². The maximum atomic E-state index is 12.3. The summed E-state index contributed by atoms with van der Waals surface area (Å²) in [5, 5.41) is 0. The number of ether oxygens (including phenoxy) is 2. The SMILES string of the molecule is CC(C)COC(=O)C1CC(C(C)C)C2C(=O)OC1C2C. The van der Waals surface area contributed by atoms with Gasteiger partial charge < -0.3 is 9.47 Å². The fraction of sp³-hybridized carbons (Fsp3) is 0.875. The van der Waals surface area contributed by atoms with Gasteiger partial charge in [0.05, 0.1) is 18.4 Å². The van der Waals surface area contributed by atoms with Gasteiger partial charge >= 0.3 is 11.9 Å². The lowest BCUT2D eigenvalue weighted by atomic mass is 9.65. The highest BCUT2D eigenvalue weighted by Crippen LogP contribution is 2.48. The first-order valence-electron chi connectivity index (χ1n) is 7.70. The van der Waals surface area contributed by atoms with Crippen LogP contribution in [0.25, 0.3) is 0 Å². The van der Waals surface area contributed by atoms with Gasteiger partial charge in [-0.15, -0.1) is 0 Å². The highest BCUT2D eigenvalue weighted by Gasteiger charge is 2.56. The average Bonchev–Trinajstić information content (AvgIpc) is 2.57. The van der Waals surface area contributed by atoms with Gasteiger partial charge in [0.2, 0.25) is 0 Å². The zero-order valence-corrected chi connectivity index (χ0v) is 13.1. The van der Waals surface area contributed by atoms with Gasteiger partial charge in [0.25, 0.3) is 0 Å². The Morgan fingerprint density at radius 3 is 2.55 bits per heavy atom. The number of hydrogen-bond donors (Lipinski definition) is 0. The minimum Gasteiger partial charge on any atom is -0.465 e. The van der Waals surface area contributed by atoms with E-state index in [0.29, 0.717) is 24.9 Å². The number of carbonyl (C=O) groups is 2. The third kappa shape index (κ3) is 2.70. The van der Waals surface area contributed by atoms with Crippen LogP contribution in [0.4, 0.5) is 0 Å². The monoisotopic (exact) mass is 282 g/mol. The topological polar surface area (TPSA) is 52.6 Å². The normalized spacial score (nSPS) is 36.4. The van der Waals surface area contributed by atoms with E-state index < -0.39 is 0 Å². The van der Waals surface area contributed by atoms with E-state index in [4.69, 9.17) is 9.47 Å². The molecule has 4 nitrogen and oxygen atoms in total. The smallest absolute Gasteiger partial charge is 0.312 e. The molecule has 2 bridgehead atoms. The Morgan fingerprint density at radius 2 is 2.00 bits per heavy atom. The van der Waals surface area contributed by atoms with Gasteiger partial charge in [0.15, 0.2) is 0 Å². The molecule has 1 heterocycles. The quantitative estimate of drug-likeness (QED) is 0.744. The summed E-state index contributed by atoms with van der Waals surface area (Å²) in [7, 11) is 0. The van der Waals surface area contributed by atoms with Gasteiger partial charge in [-0.25, -0.2) is 0 Å². The molecule has 0 amide bonds. The molecule has 2 fully saturated rings. The first-order valence-corrected chi connectivity index (χ1v) is 7.70. The molecule has 5 unspecified atom stereocenters. The van der Waals surface area contributed by atoms with Crippen molar-refractivity contribution in [2.45, 2.75) is 47.1 Å². The van der Waals surface area contributed by atoms with Crippen molar-refractivity contribution in [2.75, 3.05) is 6.61 Å². The van der Waals surface area contributed by atoms with Crippen molar-refractivity contribution in [1.29, 1.82) is 0 Å². The van der Waals surface area contributed by atoms with Crippen LogP contribution in [0.3, 0.4) is 0 Å². The minimum atomic E-state index is -0.293. The van der Waals surface area contributed by atoms with Gasteiger partial charge in [-0.1, -0.05) is 34.6 Å². The molecule has 4 heteroatoms. The third-order valence-electron chi connectivity index (χ3n) is 4.71. The summed E-state index contributed by atoms with van der Waals surface area (Å²) in [6.07, 6.45) is 0.419. The van der Waals surface area contributed by atoms with E-state index in [1.165, 1.54) is 0 Å². The van der Waals surface area contributed by atoms with Crippen LogP contribution in [0, 0.1) is 35.5 Å². The van der Waals surface area contributed by atoms with Gasteiger partial charge in [-0.2, -0.15) is 0 Å². The molecule has 20 heavy (non-hydrogen) atoms. The van der Waals surface area contributed by atoms with Crippen molar-refractivity contribution in [3.05, 3.63) is 0 Å².